The van der Waals surface area contributed by atoms with Gasteiger partial charge in [-0.15, -0.1) is 21.5 Å². The van der Waals surface area contributed by atoms with Crippen LogP contribution in [-0.4, -0.2) is 37.0 Å². The molecule has 0 radical (unpaired) electrons. The number of rotatable bonds is 6. The fourth-order valence-electron chi connectivity index (χ4n) is 2.56. The molecule has 1 saturated carbocycles. The van der Waals surface area contributed by atoms with Gasteiger partial charge in [-0.2, -0.15) is 0 Å². The third-order valence-electron chi connectivity index (χ3n) is 3.91. The fourth-order valence-corrected chi connectivity index (χ4v) is 5.82. The Morgan fingerprint density at radius 3 is 2.80 bits per heavy atom. The molecular weight excluding hydrogens is 294 g/mol. The summed E-state index contributed by atoms with van der Waals surface area (Å²) < 4.78 is 24.1. The third-order valence-corrected chi connectivity index (χ3v) is 7.34. The van der Waals surface area contributed by atoms with Crippen LogP contribution in [0.3, 0.4) is 0 Å². The number of nitrogens with one attached hydrogen (secondary N) is 1. The van der Waals surface area contributed by atoms with E-state index < -0.39 is 15.1 Å². The predicted octanol–water partition coefficient (Wildman–Crippen LogP) is 1.86. The van der Waals surface area contributed by atoms with Crippen LogP contribution in [-0.2, 0) is 16.3 Å². The Hall–Kier alpha value is -0.530. The second kappa shape index (κ2) is 6.07. The normalized spacial score (nSPS) is 25.7. The number of hydrogen-bond donors (Lipinski definition) is 1. The number of hydrogen-bond acceptors (Lipinski definition) is 6. The maximum absolute atomic E-state index is 12.1. The summed E-state index contributed by atoms with van der Waals surface area (Å²) >= 11 is 1.49. The zero-order valence-electron chi connectivity index (χ0n) is 11.5. The minimum Gasteiger partial charge on any atom is -0.314 e. The molecule has 20 heavy (non-hydrogen) atoms. The molecule has 1 aliphatic carbocycles. The summed E-state index contributed by atoms with van der Waals surface area (Å²) in [6, 6.07) is 0.743. The zero-order chi connectivity index (χ0) is 14.0. The molecule has 1 aliphatic heterocycles. The van der Waals surface area contributed by atoms with Gasteiger partial charge in [-0.1, -0.05) is 6.42 Å². The molecule has 1 aromatic rings. The van der Waals surface area contributed by atoms with E-state index in [9.17, 15) is 8.42 Å². The number of nitrogens with zero attached hydrogens (tertiary/aromatic N) is 2. The summed E-state index contributed by atoms with van der Waals surface area (Å²) in [4.78, 5) is 0. The van der Waals surface area contributed by atoms with E-state index in [-0.39, 0.29) is 0 Å². The van der Waals surface area contributed by atoms with Crippen molar-refractivity contribution in [3.8, 4) is 0 Å². The highest BCUT2D eigenvalue weighted by Crippen LogP contribution is 2.34. The number of sulfone groups is 1. The Morgan fingerprint density at radius 1 is 1.20 bits per heavy atom. The van der Waals surface area contributed by atoms with E-state index in [1.54, 1.807) is 0 Å². The molecule has 1 aromatic heterocycles. The first-order valence-corrected chi connectivity index (χ1v) is 9.95. The third kappa shape index (κ3) is 3.56. The maximum Gasteiger partial charge on any atom is 0.159 e. The van der Waals surface area contributed by atoms with Crippen LogP contribution >= 0.6 is 11.3 Å². The molecular formula is C13H21N3O2S2. The molecule has 0 bridgehead atoms. The molecule has 7 heteroatoms. The molecule has 1 N–H and O–H groups in total. The lowest BCUT2D eigenvalue weighted by atomic mass is 10.2. The van der Waals surface area contributed by atoms with Crippen molar-refractivity contribution in [1.82, 2.24) is 15.5 Å². The van der Waals surface area contributed by atoms with Gasteiger partial charge < -0.3 is 5.32 Å². The molecule has 1 atom stereocenters. The van der Waals surface area contributed by atoms with Gasteiger partial charge in [-0.3, -0.25) is 0 Å². The number of aryl methyl sites for hydroxylation is 1. The minimum absolute atomic E-state index is 0.303. The van der Waals surface area contributed by atoms with Gasteiger partial charge in [0.1, 0.15) is 15.3 Å². The Labute approximate surface area is 124 Å². The average Bonchev–Trinajstić information content (AvgIpc) is 3.12. The first kappa shape index (κ1) is 14.4. The summed E-state index contributed by atoms with van der Waals surface area (Å²) in [5.74, 6) is 0.303. The van der Waals surface area contributed by atoms with Gasteiger partial charge in [0.15, 0.2) is 9.84 Å². The van der Waals surface area contributed by atoms with Crippen LogP contribution in [0.25, 0.3) is 0 Å². The van der Waals surface area contributed by atoms with E-state index >= 15 is 0 Å². The Kier molecular flexibility index (Phi) is 4.37. The average molecular weight is 315 g/mol. The topological polar surface area (TPSA) is 72.0 Å². The van der Waals surface area contributed by atoms with Crippen LogP contribution in [0.1, 0.15) is 53.8 Å². The molecule has 112 valence electrons. The summed E-state index contributed by atoms with van der Waals surface area (Å²) in [5.41, 5.74) is 0. The van der Waals surface area contributed by atoms with E-state index in [0.717, 1.165) is 43.3 Å². The largest absolute Gasteiger partial charge is 0.314 e. The van der Waals surface area contributed by atoms with Crippen molar-refractivity contribution in [3.05, 3.63) is 10.0 Å². The van der Waals surface area contributed by atoms with Crippen molar-refractivity contribution < 1.29 is 8.42 Å². The summed E-state index contributed by atoms with van der Waals surface area (Å²) in [6.07, 6.45) is 7.03. The van der Waals surface area contributed by atoms with E-state index in [1.807, 2.05) is 0 Å². The molecule has 3 rings (SSSR count). The molecule has 2 aliphatic rings. The lowest BCUT2D eigenvalue weighted by Gasteiger charge is -2.19. The van der Waals surface area contributed by atoms with Crippen molar-refractivity contribution in [2.24, 2.45) is 0 Å². The number of aromatic nitrogens is 2. The maximum atomic E-state index is 12.1. The molecule has 5 nitrogen and oxygen atoms in total. The molecule has 1 saturated heterocycles. The van der Waals surface area contributed by atoms with Gasteiger partial charge >= 0.3 is 0 Å². The van der Waals surface area contributed by atoms with Crippen LogP contribution in [0.5, 0.6) is 0 Å². The monoisotopic (exact) mass is 315 g/mol. The van der Waals surface area contributed by atoms with Gasteiger partial charge in [0.25, 0.3) is 0 Å². The van der Waals surface area contributed by atoms with E-state index in [2.05, 4.69) is 15.5 Å². The van der Waals surface area contributed by atoms with Crippen LogP contribution in [0.2, 0.25) is 0 Å². The molecule has 0 amide bonds. The van der Waals surface area contributed by atoms with E-state index in [0.29, 0.717) is 17.2 Å². The first-order valence-electron chi connectivity index (χ1n) is 7.42. The lowest BCUT2D eigenvalue weighted by molar-refractivity contribution is 0.544. The highest BCUT2D eigenvalue weighted by molar-refractivity contribution is 7.91. The molecule has 0 aromatic carbocycles. The summed E-state index contributed by atoms with van der Waals surface area (Å²) in [7, 11) is -3.00. The smallest absolute Gasteiger partial charge is 0.159 e. The lowest BCUT2D eigenvalue weighted by Crippen LogP contribution is -2.21. The van der Waals surface area contributed by atoms with Gasteiger partial charge in [0.05, 0.1) is 5.75 Å². The van der Waals surface area contributed by atoms with E-state index in [4.69, 9.17) is 0 Å². The molecule has 2 heterocycles. The minimum atomic E-state index is -3.00. The van der Waals surface area contributed by atoms with Gasteiger partial charge in [-0.25, -0.2) is 8.42 Å². The second-order valence-corrected chi connectivity index (χ2v) is 9.11. The van der Waals surface area contributed by atoms with Crippen LogP contribution in [0.4, 0.5) is 0 Å². The second-order valence-electron chi connectivity index (χ2n) is 5.72. The van der Waals surface area contributed by atoms with Gasteiger partial charge in [-0.05, 0) is 38.6 Å². The standard InChI is InChI=1S/C13H21N3O2S2/c17-20(18)9-2-1-4-11(20)13-16-15-12(19-13)5-3-8-14-10-6-7-10/h10-11,14H,1-9H2. The highest BCUT2D eigenvalue weighted by Gasteiger charge is 2.33. The zero-order valence-corrected chi connectivity index (χ0v) is 13.2. The Morgan fingerprint density at radius 2 is 2.05 bits per heavy atom. The first-order chi connectivity index (χ1) is 9.65. The SMILES string of the molecule is O=S1(=O)CCCCC1c1nnc(CCCNC2CC2)s1. The van der Waals surface area contributed by atoms with Crippen LogP contribution in [0, 0.1) is 0 Å². The summed E-state index contributed by atoms with van der Waals surface area (Å²) in [6.45, 7) is 1.02. The summed E-state index contributed by atoms with van der Waals surface area (Å²) in [5, 5.41) is 13.0. The van der Waals surface area contributed by atoms with Crippen molar-refractivity contribution in [2.75, 3.05) is 12.3 Å². The van der Waals surface area contributed by atoms with Crippen molar-refractivity contribution in [2.45, 2.75) is 56.2 Å². The molecule has 2 fully saturated rings. The highest BCUT2D eigenvalue weighted by atomic mass is 32.2. The van der Waals surface area contributed by atoms with Crippen molar-refractivity contribution in [3.63, 3.8) is 0 Å². The van der Waals surface area contributed by atoms with Crippen LogP contribution < -0.4 is 5.32 Å². The van der Waals surface area contributed by atoms with Crippen molar-refractivity contribution >= 4 is 21.2 Å². The quantitative estimate of drug-likeness (QED) is 0.811. The van der Waals surface area contributed by atoms with Crippen molar-refractivity contribution in [1.29, 1.82) is 0 Å². The fraction of sp³-hybridized carbons (Fsp3) is 0.846. The van der Waals surface area contributed by atoms with Gasteiger partial charge in [0, 0.05) is 12.5 Å². The molecule has 0 spiro atoms. The van der Waals surface area contributed by atoms with Crippen LogP contribution in [0.15, 0.2) is 0 Å². The van der Waals surface area contributed by atoms with E-state index in [1.165, 1.54) is 24.2 Å². The Balaban J connectivity index is 1.55. The van der Waals surface area contributed by atoms with Gasteiger partial charge in [0.2, 0.25) is 0 Å². The molecule has 1 unspecified atom stereocenters. The predicted molar refractivity (Wildman–Crippen MR) is 79.6 cm³/mol. The Bertz CT molecular complexity index is 552.